The van der Waals surface area contributed by atoms with Crippen LogP contribution in [0.3, 0.4) is 0 Å². The van der Waals surface area contributed by atoms with Crippen molar-refractivity contribution in [2.75, 3.05) is 5.32 Å². The summed E-state index contributed by atoms with van der Waals surface area (Å²) < 4.78 is 1.83. The van der Waals surface area contributed by atoms with Crippen molar-refractivity contribution in [1.29, 1.82) is 0 Å². The minimum absolute atomic E-state index is 0.216. The van der Waals surface area contributed by atoms with Gasteiger partial charge in [0.05, 0.1) is 5.69 Å². The van der Waals surface area contributed by atoms with Gasteiger partial charge in [-0.2, -0.15) is 16.4 Å². The van der Waals surface area contributed by atoms with Crippen LogP contribution in [0.15, 0.2) is 58.7 Å². The van der Waals surface area contributed by atoms with E-state index in [1.807, 2.05) is 58.8 Å². The Kier molecular flexibility index (Phi) is 4.17. The van der Waals surface area contributed by atoms with Gasteiger partial charge in [-0.15, -0.1) is 11.3 Å². The molecule has 0 saturated carbocycles. The number of carbonyl (C=O) groups is 1. The lowest BCUT2D eigenvalue weighted by Crippen LogP contribution is -2.12. The van der Waals surface area contributed by atoms with E-state index in [0.29, 0.717) is 11.4 Å². The molecule has 0 aliphatic heterocycles. The zero-order chi connectivity index (χ0) is 17.2. The number of benzene rings is 1. The fourth-order valence-corrected chi connectivity index (χ4v) is 3.96. The summed E-state index contributed by atoms with van der Waals surface area (Å²) in [5.41, 5.74) is 4.11. The number of nitrogens with one attached hydrogen (secondary N) is 1. The number of aromatic nitrogens is 3. The van der Waals surface area contributed by atoms with E-state index in [2.05, 4.69) is 15.4 Å². The standard InChI is InChI=1S/C18H14N4OS2/c1-12-5-7-19-22(12)15-4-2-3-14(9-15)20-17(23)16-11-25-18(21-16)13-6-8-24-10-13/h2-11H,1H3,(H,20,23). The van der Waals surface area contributed by atoms with Gasteiger partial charge in [0, 0.05) is 33.9 Å². The quantitative estimate of drug-likeness (QED) is 0.573. The van der Waals surface area contributed by atoms with Gasteiger partial charge < -0.3 is 5.32 Å². The zero-order valence-corrected chi connectivity index (χ0v) is 15.0. The monoisotopic (exact) mass is 366 g/mol. The Morgan fingerprint density at radius 3 is 2.88 bits per heavy atom. The van der Waals surface area contributed by atoms with Crippen LogP contribution < -0.4 is 5.32 Å². The molecule has 1 aromatic carbocycles. The minimum atomic E-state index is -0.216. The summed E-state index contributed by atoms with van der Waals surface area (Å²) in [6.45, 7) is 1.99. The number of thiophene rings is 1. The Hall–Kier alpha value is -2.77. The topological polar surface area (TPSA) is 59.8 Å². The first-order valence-corrected chi connectivity index (χ1v) is 9.43. The van der Waals surface area contributed by atoms with E-state index >= 15 is 0 Å². The largest absolute Gasteiger partial charge is 0.321 e. The van der Waals surface area contributed by atoms with Crippen molar-refractivity contribution in [2.24, 2.45) is 0 Å². The first-order chi connectivity index (χ1) is 12.2. The molecular weight excluding hydrogens is 352 g/mol. The van der Waals surface area contributed by atoms with Crippen LogP contribution in [0.25, 0.3) is 16.3 Å². The Balaban J connectivity index is 1.54. The number of nitrogens with zero attached hydrogens (tertiary/aromatic N) is 3. The molecule has 0 saturated heterocycles. The van der Waals surface area contributed by atoms with Crippen LogP contribution in [0.5, 0.6) is 0 Å². The number of anilines is 1. The maximum atomic E-state index is 12.5. The number of thiazole rings is 1. The molecule has 5 nitrogen and oxygen atoms in total. The Bertz CT molecular complexity index is 1020. The van der Waals surface area contributed by atoms with E-state index in [4.69, 9.17) is 0 Å². The highest BCUT2D eigenvalue weighted by Gasteiger charge is 2.13. The normalized spacial score (nSPS) is 10.8. The van der Waals surface area contributed by atoms with Gasteiger partial charge in [-0.1, -0.05) is 6.07 Å². The molecule has 0 aliphatic carbocycles. The maximum Gasteiger partial charge on any atom is 0.275 e. The van der Waals surface area contributed by atoms with Gasteiger partial charge in [-0.05, 0) is 42.6 Å². The van der Waals surface area contributed by atoms with Crippen molar-refractivity contribution in [3.63, 3.8) is 0 Å². The second kappa shape index (κ2) is 6.62. The summed E-state index contributed by atoms with van der Waals surface area (Å²) in [7, 11) is 0. The Morgan fingerprint density at radius 1 is 1.20 bits per heavy atom. The Labute approximate surface area is 152 Å². The number of aryl methyl sites for hydroxylation is 1. The van der Waals surface area contributed by atoms with E-state index in [9.17, 15) is 4.79 Å². The predicted molar refractivity (Wildman–Crippen MR) is 102 cm³/mol. The van der Waals surface area contributed by atoms with Crippen LogP contribution in [0.1, 0.15) is 16.2 Å². The lowest BCUT2D eigenvalue weighted by molar-refractivity contribution is 0.102. The molecular formula is C18H14N4OS2. The highest BCUT2D eigenvalue weighted by Crippen LogP contribution is 2.26. The average molecular weight is 366 g/mol. The molecule has 0 unspecified atom stereocenters. The van der Waals surface area contributed by atoms with Crippen LogP contribution in [-0.2, 0) is 0 Å². The molecule has 3 heterocycles. The number of carbonyl (C=O) groups excluding carboxylic acids is 1. The molecule has 0 atom stereocenters. The minimum Gasteiger partial charge on any atom is -0.321 e. The lowest BCUT2D eigenvalue weighted by Gasteiger charge is -2.08. The molecule has 0 spiro atoms. The van der Waals surface area contributed by atoms with Gasteiger partial charge in [-0.3, -0.25) is 4.79 Å². The molecule has 4 rings (SSSR count). The smallest absolute Gasteiger partial charge is 0.275 e. The summed E-state index contributed by atoms with van der Waals surface area (Å²) >= 11 is 3.08. The second-order valence-corrected chi connectivity index (χ2v) is 7.08. The molecule has 7 heteroatoms. The van der Waals surface area contributed by atoms with E-state index < -0.39 is 0 Å². The Morgan fingerprint density at radius 2 is 2.12 bits per heavy atom. The van der Waals surface area contributed by atoms with Gasteiger partial charge in [-0.25, -0.2) is 9.67 Å². The van der Waals surface area contributed by atoms with Crippen molar-refractivity contribution in [2.45, 2.75) is 6.92 Å². The summed E-state index contributed by atoms with van der Waals surface area (Å²) in [6.07, 6.45) is 1.75. The molecule has 0 radical (unpaired) electrons. The van der Waals surface area contributed by atoms with E-state index in [-0.39, 0.29) is 5.91 Å². The fourth-order valence-electron chi connectivity index (χ4n) is 2.45. The lowest BCUT2D eigenvalue weighted by atomic mass is 10.2. The summed E-state index contributed by atoms with van der Waals surface area (Å²) in [6, 6.07) is 11.5. The van der Waals surface area contributed by atoms with E-state index in [1.165, 1.54) is 11.3 Å². The number of hydrogen-bond donors (Lipinski definition) is 1. The molecule has 1 amide bonds. The first kappa shape index (κ1) is 15.7. The predicted octanol–water partition coefficient (Wildman–Crippen LogP) is 4.62. The highest BCUT2D eigenvalue weighted by atomic mass is 32.1. The molecule has 25 heavy (non-hydrogen) atoms. The molecule has 0 aliphatic rings. The molecule has 124 valence electrons. The summed E-state index contributed by atoms with van der Waals surface area (Å²) in [5, 5.41) is 13.9. The number of hydrogen-bond acceptors (Lipinski definition) is 5. The van der Waals surface area contributed by atoms with Crippen LogP contribution in [-0.4, -0.2) is 20.7 Å². The molecule has 0 bridgehead atoms. The summed E-state index contributed by atoms with van der Waals surface area (Å²) in [4.78, 5) is 16.9. The van der Waals surface area contributed by atoms with Crippen molar-refractivity contribution in [1.82, 2.24) is 14.8 Å². The van der Waals surface area contributed by atoms with Crippen LogP contribution in [0.2, 0.25) is 0 Å². The summed E-state index contributed by atoms with van der Waals surface area (Å²) in [5.74, 6) is -0.216. The first-order valence-electron chi connectivity index (χ1n) is 7.61. The molecule has 1 N–H and O–H groups in total. The fraction of sp³-hybridized carbons (Fsp3) is 0.0556. The van der Waals surface area contributed by atoms with Gasteiger partial charge in [0.25, 0.3) is 5.91 Å². The molecule has 4 aromatic rings. The third kappa shape index (κ3) is 3.24. The van der Waals surface area contributed by atoms with Crippen LogP contribution >= 0.6 is 22.7 Å². The maximum absolute atomic E-state index is 12.5. The molecule has 3 aromatic heterocycles. The highest BCUT2D eigenvalue weighted by molar-refractivity contribution is 7.14. The third-order valence-electron chi connectivity index (χ3n) is 3.69. The van der Waals surface area contributed by atoms with Crippen LogP contribution in [0.4, 0.5) is 5.69 Å². The van der Waals surface area contributed by atoms with Crippen molar-refractivity contribution in [3.05, 3.63) is 70.1 Å². The van der Waals surface area contributed by atoms with Crippen LogP contribution in [0, 0.1) is 6.92 Å². The second-order valence-electron chi connectivity index (χ2n) is 5.44. The van der Waals surface area contributed by atoms with Crippen molar-refractivity contribution >= 4 is 34.3 Å². The SMILES string of the molecule is Cc1ccnn1-c1cccc(NC(=O)c2csc(-c3ccsc3)n2)c1. The third-order valence-corrected chi connectivity index (χ3v) is 5.26. The van der Waals surface area contributed by atoms with Gasteiger partial charge in [0.2, 0.25) is 0 Å². The molecule has 0 fully saturated rings. The van der Waals surface area contributed by atoms with Gasteiger partial charge in [0.15, 0.2) is 0 Å². The van der Waals surface area contributed by atoms with E-state index in [0.717, 1.165) is 22.0 Å². The average Bonchev–Trinajstić information content (AvgIpc) is 3.36. The number of amides is 1. The van der Waals surface area contributed by atoms with E-state index in [1.54, 1.807) is 22.9 Å². The zero-order valence-electron chi connectivity index (χ0n) is 13.3. The van der Waals surface area contributed by atoms with Crippen molar-refractivity contribution < 1.29 is 4.79 Å². The van der Waals surface area contributed by atoms with Gasteiger partial charge in [0.1, 0.15) is 10.7 Å². The van der Waals surface area contributed by atoms with Gasteiger partial charge >= 0.3 is 0 Å². The van der Waals surface area contributed by atoms with Crippen molar-refractivity contribution in [3.8, 4) is 16.3 Å². The number of rotatable bonds is 4.